The first-order valence-corrected chi connectivity index (χ1v) is 15.2. The molecule has 0 spiro atoms. The summed E-state index contributed by atoms with van der Waals surface area (Å²) in [5.41, 5.74) is 16.0. The molecule has 2 aromatic heterocycles. The fourth-order valence-corrected chi connectivity index (χ4v) is 7.43. The van der Waals surface area contributed by atoms with Crippen LogP contribution in [0.25, 0.3) is 60.8 Å². The topological polar surface area (TPSA) is 39.1 Å². The van der Waals surface area contributed by atoms with Gasteiger partial charge in [0.1, 0.15) is 6.17 Å². The predicted molar refractivity (Wildman–Crippen MR) is 183 cm³/mol. The van der Waals surface area contributed by atoms with E-state index in [1.165, 1.54) is 71.7 Å². The summed E-state index contributed by atoms with van der Waals surface area (Å²) in [7, 11) is 2.22. The molecule has 212 valence electrons. The van der Waals surface area contributed by atoms with E-state index in [9.17, 15) is 0 Å². The Labute approximate surface area is 252 Å². The maximum Gasteiger partial charge on any atom is 0.110 e. The second-order valence-electron chi connectivity index (χ2n) is 12.4. The van der Waals surface area contributed by atoms with Gasteiger partial charge in [0.2, 0.25) is 0 Å². The van der Waals surface area contributed by atoms with Crippen molar-refractivity contribution >= 4 is 55.1 Å². The molecule has 0 radical (unpaired) electrons. The third-order valence-electron chi connectivity index (χ3n) is 9.63. The zero-order valence-corrected chi connectivity index (χ0v) is 25.0. The molecule has 43 heavy (non-hydrogen) atoms. The number of hydrogen-bond acceptors (Lipinski definition) is 2. The zero-order valence-electron chi connectivity index (χ0n) is 25.0. The summed E-state index contributed by atoms with van der Waals surface area (Å²) in [6, 6.07) is 28.8. The average Bonchev–Trinajstić information content (AvgIpc) is 3.67. The Kier molecular flexibility index (Phi) is 5.63. The van der Waals surface area contributed by atoms with Crippen LogP contribution in [0, 0.1) is 0 Å². The summed E-state index contributed by atoms with van der Waals surface area (Å²) >= 11 is 0. The van der Waals surface area contributed by atoms with Crippen LogP contribution in [0.2, 0.25) is 0 Å². The highest BCUT2D eigenvalue weighted by Gasteiger charge is 2.35. The van der Waals surface area contributed by atoms with Gasteiger partial charge in [0.15, 0.2) is 0 Å². The average molecular weight is 561 g/mol. The van der Waals surface area contributed by atoms with E-state index in [1.807, 2.05) is 0 Å². The number of nitrogens with zero attached hydrogens (tertiary/aromatic N) is 3. The molecule has 2 unspecified atom stereocenters. The molecule has 1 aliphatic carbocycles. The lowest BCUT2D eigenvalue weighted by Crippen LogP contribution is -2.36. The number of likely N-dealkylation sites (N-methyl/N-ethyl adjacent to an activating group) is 1. The minimum atomic E-state index is -0.294. The van der Waals surface area contributed by atoms with E-state index < -0.39 is 0 Å². The number of rotatable bonds is 4. The molecular formula is C39H36N4. The summed E-state index contributed by atoms with van der Waals surface area (Å²) in [4.78, 5) is 2.42. The Balaban J connectivity index is 1.46. The highest BCUT2D eigenvalue weighted by atomic mass is 15.3. The zero-order chi connectivity index (χ0) is 29.5. The van der Waals surface area contributed by atoms with Gasteiger partial charge < -0.3 is 19.8 Å². The molecule has 3 heterocycles. The van der Waals surface area contributed by atoms with Gasteiger partial charge in [-0.15, -0.1) is 0 Å². The van der Waals surface area contributed by atoms with E-state index >= 15 is 0 Å². The summed E-state index contributed by atoms with van der Waals surface area (Å²) in [5.74, 6) is 0. The second-order valence-corrected chi connectivity index (χ2v) is 12.4. The molecule has 0 fully saturated rings. The first-order chi connectivity index (χ1) is 20.9. The Bertz CT molecular complexity index is 2200. The van der Waals surface area contributed by atoms with E-state index in [0.717, 1.165) is 12.8 Å². The van der Waals surface area contributed by atoms with Crippen LogP contribution in [0.5, 0.6) is 0 Å². The minimum absolute atomic E-state index is 0.145. The third-order valence-corrected chi connectivity index (χ3v) is 9.63. The van der Waals surface area contributed by atoms with Crippen LogP contribution < -0.4 is 5.73 Å². The lowest BCUT2D eigenvalue weighted by molar-refractivity contribution is 0.252. The predicted octanol–water partition coefficient (Wildman–Crippen LogP) is 9.33. The fraction of sp³-hybridized carbons (Fsp3) is 0.179. The molecule has 8 rings (SSSR count). The van der Waals surface area contributed by atoms with Gasteiger partial charge in [-0.25, -0.2) is 0 Å². The van der Waals surface area contributed by atoms with Gasteiger partial charge >= 0.3 is 0 Å². The summed E-state index contributed by atoms with van der Waals surface area (Å²) in [5, 5.41) is 6.34. The van der Waals surface area contributed by atoms with Gasteiger partial charge in [0.05, 0.1) is 22.2 Å². The van der Waals surface area contributed by atoms with E-state index in [0.29, 0.717) is 0 Å². The molecule has 4 aromatic carbocycles. The SMILES string of the molecule is C=Cc1c2n(c3cc4c5c6ccccc6ccc5n(-c5ccccc5)c4cc13)C(N(C)C1=CCC(C)(N)C=C1)C/C2=C/C. The summed E-state index contributed by atoms with van der Waals surface area (Å²) < 4.78 is 4.98. The molecule has 0 amide bonds. The van der Waals surface area contributed by atoms with E-state index in [-0.39, 0.29) is 11.7 Å². The molecule has 1 aliphatic heterocycles. The van der Waals surface area contributed by atoms with Crippen molar-refractivity contribution in [1.29, 1.82) is 0 Å². The molecule has 0 saturated heterocycles. The number of fused-ring (bicyclic) bond motifs is 8. The van der Waals surface area contributed by atoms with E-state index in [1.54, 1.807) is 0 Å². The van der Waals surface area contributed by atoms with Gasteiger partial charge in [-0.1, -0.05) is 79.4 Å². The van der Waals surface area contributed by atoms with Crippen molar-refractivity contribution < 1.29 is 0 Å². The van der Waals surface area contributed by atoms with Crippen molar-refractivity contribution in [3.05, 3.63) is 127 Å². The normalized spacial score (nSPS) is 20.9. The molecule has 2 N–H and O–H groups in total. The molecule has 0 bridgehead atoms. The van der Waals surface area contributed by atoms with Gasteiger partial charge in [-0.3, -0.25) is 0 Å². The van der Waals surface area contributed by atoms with Crippen LogP contribution in [-0.4, -0.2) is 26.6 Å². The Morgan fingerprint density at radius 2 is 1.70 bits per heavy atom. The Morgan fingerprint density at radius 1 is 0.930 bits per heavy atom. The second kappa shape index (κ2) is 9.35. The largest absolute Gasteiger partial charge is 0.354 e. The van der Waals surface area contributed by atoms with Crippen LogP contribution in [0.3, 0.4) is 0 Å². The number of aromatic nitrogens is 2. The molecular weight excluding hydrogens is 524 g/mol. The van der Waals surface area contributed by atoms with Gasteiger partial charge in [0.25, 0.3) is 0 Å². The molecule has 6 aromatic rings. The van der Waals surface area contributed by atoms with Crippen LogP contribution in [0.4, 0.5) is 0 Å². The lowest BCUT2D eigenvalue weighted by Gasteiger charge is -2.33. The Hall–Kier alpha value is -4.80. The smallest absolute Gasteiger partial charge is 0.110 e. The first-order valence-electron chi connectivity index (χ1n) is 15.2. The Morgan fingerprint density at radius 3 is 2.44 bits per heavy atom. The van der Waals surface area contributed by atoms with E-state index in [4.69, 9.17) is 5.73 Å². The van der Waals surface area contributed by atoms with Crippen LogP contribution in [0.1, 0.15) is 44.1 Å². The van der Waals surface area contributed by atoms with Crippen molar-refractivity contribution in [2.75, 3.05) is 7.05 Å². The molecule has 4 nitrogen and oxygen atoms in total. The third kappa shape index (κ3) is 3.73. The van der Waals surface area contributed by atoms with Crippen molar-refractivity contribution in [3.8, 4) is 5.69 Å². The van der Waals surface area contributed by atoms with Crippen LogP contribution in [0.15, 0.2) is 115 Å². The molecule has 2 atom stereocenters. The van der Waals surface area contributed by atoms with Gasteiger partial charge in [-0.05, 0) is 73.0 Å². The van der Waals surface area contributed by atoms with Crippen molar-refractivity contribution in [3.63, 3.8) is 0 Å². The first kappa shape index (κ1) is 25.9. The van der Waals surface area contributed by atoms with Crippen molar-refractivity contribution in [1.82, 2.24) is 14.0 Å². The van der Waals surface area contributed by atoms with Gasteiger partial charge in [-0.2, -0.15) is 0 Å². The number of nitrogens with two attached hydrogens (primary N) is 1. The number of benzene rings is 4. The summed E-state index contributed by atoms with van der Waals surface area (Å²) in [6.45, 7) is 8.56. The number of allylic oxidation sites excluding steroid dienone is 2. The van der Waals surface area contributed by atoms with E-state index in [2.05, 4.69) is 151 Å². The highest BCUT2D eigenvalue weighted by Crippen LogP contribution is 2.48. The van der Waals surface area contributed by atoms with Crippen molar-refractivity contribution in [2.24, 2.45) is 5.73 Å². The van der Waals surface area contributed by atoms with Gasteiger partial charge in [0, 0.05) is 52.1 Å². The molecule has 0 saturated carbocycles. The lowest BCUT2D eigenvalue weighted by atomic mass is 9.93. The van der Waals surface area contributed by atoms with Crippen molar-refractivity contribution in [2.45, 2.75) is 38.4 Å². The van der Waals surface area contributed by atoms with Crippen LogP contribution >= 0.6 is 0 Å². The summed E-state index contributed by atoms with van der Waals surface area (Å²) in [6.07, 6.45) is 12.9. The van der Waals surface area contributed by atoms with Crippen LogP contribution in [-0.2, 0) is 0 Å². The quantitative estimate of drug-likeness (QED) is 0.233. The molecule has 4 heteroatoms. The maximum atomic E-state index is 6.41. The highest BCUT2D eigenvalue weighted by molar-refractivity contribution is 6.23. The maximum absolute atomic E-state index is 6.41. The standard InChI is InChI=1S/C39H36N4/c1-5-25-22-36(41(4)27-18-20-39(3,40)21-19-27)43-34-24-32-35(23-31(34)29(6-2)38(25)43)42(28-13-8-7-9-14-28)33-17-16-26-12-10-11-15-30(26)37(32)33/h5-20,23-24,36H,2,21-22,40H2,1,3-4H3/b25-5-. The number of hydrogen-bond donors (Lipinski definition) is 1. The number of para-hydroxylation sites is 1. The molecule has 2 aliphatic rings. The fourth-order valence-electron chi connectivity index (χ4n) is 7.43. The monoisotopic (exact) mass is 560 g/mol. The minimum Gasteiger partial charge on any atom is -0.354 e.